The van der Waals surface area contributed by atoms with Crippen LogP contribution in [0.1, 0.15) is 34.6 Å². The second kappa shape index (κ2) is 7.53. The minimum Gasteiger partial charge on any atom is -0.472 e. The number of hydrogen-bond donors (Lipinski definition) is 1. The molecule has 0 bridgehead atoms. The number of nitrogens with zero attached hydrogens (tertiary/aromatic N) is 2. The third kappa shape index (κ3) is 3.66. The number of carbonyl (C=O) groups excluding carboxylic acids is 1. The van der Waals surface area contributed by atoms with Crippen LogP contribution in [0.3, 0.4) is 0 Å². The number of imidazole rings is 1. The van der Waals surface area contributed by atoms with Crippen LogP contribution in [0.5, 0.6) is 0 Å². The Balaban J connectivity index is 1.78. The van der Waals surface area contributed by atoms with Gasteiger partial charge in [0, 0.05) is 17.3 Å². The molecule has 0 unspecified atom stereocenters. The molecule has 0 aliphatic rings. The molecule has 0 aliphatic carbocycles. The van der Waals surface area contributed by atoms with Crippen LogP contribution in [-0.4, -0.2) is 15.3 Å². The number of fused-ring (bicyclic) bond motifs is 1. The molecule has 154 valence electrons. The number of alkyl halides is 3. The lowest BCUT2D eigenvalue weighted by Crippen LogP contribution is -2.27. The summed E-state index contributed by atoms with van der Waals surface area (Å²) in [5, 5.41) is 2.51. The first-order valence-corrected chi connectivity index (χ1v) is 9.30. The van der Waals surface area contributed by atoms with Crippen molar-refractivity contribution in [3.8, 4) is 11.1 Å². The summed E-state index contributed by atoms with van der Waals surface area (Å²) in [6.45, 7) is 1.76. The highest BCUT2D eigenvalue weighted by atomic mass is 35.5. The van der Waals surface area contributed by atoms with Crippen molar-refractivity contribution in [2.24, 2.45) is 0 Å². The average molecular weight is 434 g/mol. The molecular formula is C21H15ClF3N3O2. The van der Waals surface area contributed by atoms with Crippen molar-refractivity contribution in [2.45, 2.75) is 19.1 Å². The van der Waals surface area contributed by atoms with Crippen LogP contribution in [0.15, 0.2) is 65.6 Å². The van der Waals surface area contributed by atoms with Gasteiger partial charge in [-0.3, -0.25) is 9.20 Å². The van der Waals surface area contributed by atoms with Crippen LogP contribution in [0, 0.1) is 0 Å². The van der Waals surface area contributed by atoms with E-state index in [9.17, 15) is 18.0 Å². The Kier molecular flexibility index (Phi) is 5.03. The number of halogens is 4. The molecule has 1 N–H and O–H groups in total. The van der Waals surface area contributed by atoms with E-state index in [0.717, 1.165) is 16.0 Å². The second-order valence-corrected chi connectivity index (χ2v) is 7.06. The number of aromatic nitrogens is 2. The molecule has 0 saturated heterocycles. The van der Waals surface area contributed by atoms with E-state index in [4.69, 9.17) is 16.0 Å². The van der Waals surface area contributed by atoms with Crippen molar-refractivity contribution in [3.05, 3.63) is 83.2 Å². The normalized spacial score (nSPS) is 12.8. The molecule has 0 fully saturated rings. The number of nitrogens with one attached hydrogen (secondary N) is 1. The van der Waals surface area contributed by atoms with Gasteiger partial charge in [0.05, 0.1) is 24.1 Å². The van der Waals surface area contributed by atoms with E-state index in [1.165, 1.54) is 24.8 Å². The molecule has 1 atom stereocenters. The fourth-order valence-corrected chi connectivity index (χ4v) is 3.40. The molecule has 0 aliphatic heterocycles. The molecule has 5 nitrogen and oxygen atoms in total. The van der Waals surface area contributed by atoms with Crippen LogP contribution in [0.2, 0.25) is 5.15 Å². The lowest BCUT2D eigenvalue weighted by Gasteiger charge is -2.13. The highest BCUT2D eigenvalue weighted by Gasteiger charge is 2.36. The van der Waals surface area contributed by atoms with E-state index < -0.39 is 23.3 Å². The number of benzene rings is 1. The van der Waals surface area contributed by atoms with E-state index >= 15 is 0 Å². The minimum absolute atomic E-state index is 0.210. The maximum absolute atomic E-state index is 13.7. The topological polar surface area (TPSA) is 59.5 Å². The van der Waals surface area contributed by atoms with E-state index in [2.05, 4.69) is 10.3 Å². The van der Waals surface area contributed by atoms with Crippen molar-refractivity contribution < 1.29 is 22.4 Å². The summed E-state index contributed by atoms with van der Waals surface area (Å²) in [7, 11) is 0. The second-order valence-electron chi connectivity index (χ2n) is 6.70. The molecule has 3 heterocycles. The number of furan rings is 1. The molecule has 1 aromatic carbocycles. The summed E-state index contributed by atoms with van der Waals surface area (Å²) in [4.78, 5) is 16.6. The summed E-state index contributed by atoms with van der Waals surface area (Å²) in [6, 6.07) is 11.2. The highest BCUT2D eigenvalue weighted by Crippen LogP contribution is 2.37. The van der Waals surface area contributed by atoms with Gasteiger partial charge in [0.15, 0.2) is 11.3 Å². The molecule has 9 heteroatoms. The first-order chi connectivity index (χ1) is 14.3. The van der Waals surface area contributed by atoms with Gasteiger partial charge in [0.1, 0.15) is 5.15 Å². The average Bonchev–Trinajstić information content (AvgIpc) is 3.36. The van der Waals surface area contributed by atoms with Gasteiger partial charge in [-0.05, 0) is 24.6 Å². The Labute approximate surface area is 174 Å². The van der Waals surface area contributed by atoms with Crippen molar-refractivity contribution in [2.75, 3.05) is 0 Å². The van der Waals surface area contributed by atoms with E-state index in [0.29, 0.717) is 5.56 Å². The predicted molar refractivity (Wildman–Crippen MR) is 105 cm³/mol. The van der Waals surface area contributed by atoms with E-state index in [1.807, 2.05) is 30.3 Å². The largest absolute Gasteiger partial charge is 0.472 e. The summed E-state index contributed by atoms with van der Waals surface area (Å²) in [5.74, 6) is -0.668. The molecule has 1 amide bonds. The van der Waals surface area contributed by atoms with Gasteiger partial charge < -0.3 is 9.73 Å². The van der Waals surface area contributed by atoms with Gasteiger partial charge in [-0.1, -0.05) is 41.9 Å². The molecule has 30 heavy (non-hydrogen) atoms. The molecule has 4 aromatic rings. The lowest BCUT2D eigenvalue weighted by atomic mass is 10.1. The van der Waals surface area contributed by atoms with Gasteiger partial charge in [0.2, 0.25) is 0 Å². The zero-order valence-electron chi connectivity index (χ0n) is 15.6. The standard InChI is InChI=1S/C21H15ClF3N3O2/c1-12(13-5-3-2-4-6-13)26-20(29)17-18(22)28-10-15(14-7-8-30-11-14)9-16(19(28)27-17)21(23,24)25/h2-12H,1H3,(H,26,29)/t12-/m0/s1. The first-order valence-electron chi connectivity index (χ1n) is 8.93. The van der Waals surface area contributed by atoms with E-state index in [-0.39, 0.29) is 22.5 Å². The third-order valence-corrected chi connectivity index (χ3v) is 5.04. The zero-order valence-corrected chi connectivity index (χ0v) is 16.3. The van der Waals surface area contributed by atoms with Crippen molar-refractivity contribution >= 4 is 23.2 Å². The Bertz CT molecular complexity index is 1200. The van der Waals surface area contributed by atoms with Gasteiger partial charge in [0.25, 0.3) is 5.91 Å². The Hall–Kier alpha value is -3.26. The summed E-state index contributed by atoms with van der Waals surface area (Å²) in [5.41, 5.74) is -0.225. The summed E-state index contributed by atoms with van der Waals surface area (Å²) < 4.78 is 47.1. The number of pyridine rings is 1. The summed E-state index contributed by atoms with van der Waals surface area (Å²) in [6.07, 6.45) is -0.629. The number of carbonyl (C=O) groups is 1. The van der Waals surface area contributed by atoms with E-state index in [1.54, 1.807) is 6.92 Å². The van der Waals surface area contributed by atoms with Crippen LogP contribution < -0.4 is 5.32 Å². The van der Waals surface area contributed by atoms with Crippen LogP contribution >= 0.6 is 11.6 Å². The summed E-state index contributed by atoms with van der Waals surface area (Å²) >= 11 is 6.29. The Morgan fingerprint density at radius 1 is 1.20 bits per heavy atom. The fraction of sp³-hybridized carbons (Fsp3) is 0.143. The molecule has 0 radical (unpaired) electrons. The maximum atomic E-state index is 13.7. The Morgan fingerprint density at radius 2 is 1.93 bits per heavy atom. The molecule has 3 aromatic heterocycles. The van der Waals surface area contributed by atoms with Crippen molar-refractivity contribution in [3.63, 3.8) is 0 Å². The monoisotopic (exact) mass is 433 g/mol. The lowest BCUT2D eigenvalue weighted by molar-refractivity contribution is -0.136. The number of rotatable bonds is 4. The molecule has 0 saturated carbocycles. The van der Waals surface area contributed by atoms with Crippen LogP contribution in [0.4, 0.5) is 13.2 Å². The smallest absolute Gasteiger partial charge is 0.420 e. The number of amides is 1. The van der Waals surface area contributed by atoms with Crippen molar-refractivity contribution in [1.82, 2.24) is 14.7 Å². The molecule has 4 rings (SSSR count). The quantitative estimate of drug-likeness (QED) is 0.445. The SMILES string of the molecule is C[C@H](NC(=O)c1nc2c(C(F)(F)F)cc(-c3ccoc3)cn2c1Cl)c1ccccc1. The third-order valence-electron chi connectivity index (χ3n) is 4.68. The van der Waals surface area contributed by atoms with Crippen LogP contribution in [-0.2, 0) is 6.18 Å². The van der Waals surface area contributed by atoms with Crippen molar-refractivity contribution in [1.29, 1.82) is 0 Å². The Morgan fingerprint density at radius 3 is 2.57 bits per heavy atom. The maximum Gasteiger partial charge on any atom is 0.420 e. The minimum atomic E-state index is -4.69. The first kappa shape index (κ1) is 20.0. The predicted octanol–water partition coefficient (Wildman–Crippen LogP) is 5.76. The van der Waals surface area contributed by atoms with Gasteiger partial charge in [-0.15, -0.1) is 0 Å². The fourth-order valence-electron chi connectivity index (χ4n) is 3.15. The van der Waals surface area contributed by atoms with Gasteiger partial charge in [-0.2, -0.15) is 13.2 Å². The molecular weight excluding hydrogens is 419 g/mol. The highest BCUT2D eigenvalue weighted by molar-refractivity contribution is 6.33. The van der Waals surface area contributed by atoms with Gasteiger partial charge in [-0.25, -0.2) is 4.98 Å². The van der Waals surface area contributed by atoms with Crippen LogP contribution in [0.25, 0.3) is 16.8 Å². The van der Waals surface area contributed by atoms with Gasteiger partial charge >= 0.3 is 6.18 Å². The number of hydrogen-bond acceptors (Lipinski definition) is 3. The molecule has 0 spiro atoms. The zero-order chi connectivity index (χ0) is 21.5.